The molecule has 0 radical (unpaired) electrons. The topological polar surface area (TPSA) is 38.0 Å². The smallest absolute Gasteiger partial charge is 0.0500 e. The summed E-state index contributed by atoms with van der Waals surface area (Å²) in [6, 6.07) is 8.28. The van der Waals surface area contributed by atoms with Crippen molar-refractivity contribution in [3.8, 4) is 0 Å². The Hall–Kier alpha value is -0.540. The molecule has 1 fully saturated rings. The predicted octanol–water partition coefficient (Wildman–Crippen LogP) is 2.99. The Kier molecular flexibility index (Phi) is 3.03. The van der Waals surface area contributed by atoms with E-state index in [-0.39, 0.29) is 5.54 Å². The molecule has 0 bridgehead atoms. The summed E-state index contributed by atoms with van der Waals surface area (Å²) in [5, 5.41) is 3.55. The minimum absolute atomic E-state index is 0.146. The molecule has 3 N–H and O–H groups in total. The molecule has 1 saturated carbocycles. The first-order chi connectivity index (χ1) is 7.13. The molecule has 2 rings (SSSR count). The first-order valence-electron chi connectivity index (χ1n) is 5.37. The lowest BCUT2D eigenvalue weighted by molar-refractivity contribution is 0.194. The summed E-state index contributed by atoms with van der Waals surface area (Å²) in [6.45, 7) is 2.99. The van der Waals surface area contributed by atoms with Crippen LogP contribution in [0, 0.1) is 5.92 Å². The molecule has 2 nitrogen and oxygen atoms in total. The van der Waals surface area contributed by atoms with Gasteiger partial charge in [-0.25, -0.2) is 0 Å². The number of nitrogens with one attached hydrogen (secondary N) is 1. The van der Waals surface area contributed by atoms with Gasteiger partial charge in [-0.05, 0) is 43.0 Å². The van der Waals surface area contributed by atoms with E-state index in [1.165, 1.54) is 12.8 Å². The van der Waals surface area contributed by atoms with Gasteiger partial charge in [0.25, 0.3) is 0 Å². The highest BCUT2D eigenvalue weighted by atomic mass is 79.9. The molecule has 1 aliphatic carbocycles. The lowest BCUT2D eigenvalue weighted by atomic mass is 9.69. The van der Waals surface area contributed by atoms with Gasteiger partial charge in [0.1, 0.15) is 0 Å². The molecule has 0 aromatic heterocycles. The first-order valence-corrected chi connectivity index (χ1v) is 6.17. The second-order valence-electron chi connectivity index (χ2n) is 4.63. The maximum Gasteiger partial charge on any atom is 0.0500 e. The quantitative estimate of drug-likeness (QED) is 0.885. The Balaban J connectivity index is 2.04. The maximum atomic E-state index is 5.84. The average Bonchev–Trinajstić information content (AvgIpc) is 2.18. The lowest BCUT2D eigenvalue weighted by Gasteiger charge is -2.47. The van der Waals surface area contributed by atoms with Crippen LogP contribution >= 0.6 is 15.9 Å². The third kappa shape index (κ3) is 2.34. The van der Waals surface area contributed by atoms with Crippen LogP contribution in [0.5, 0.6) is 0 Å². The van der Waals surface area contributed by atoms with Gasteiger partial charge in [-0.1, -0.05) is 22.9 Å². The molecule has 0 unspecified atom stereocenters. The van der Waals surface area contributed by atoms with Gasteiger partial charge in [-0.15, -0.1) is 0 Å². The Morgan fingerprint density at radius 3 is 2.47 bits per heavy atom. The van der Waals surface area contributed by atoms with Gasteiger partial charge in [0.2, 0.25) is 0 Å². The molecular formula is C12H17BrN2. The van der Waals surface area contributed by atoms with Gasteiger partial charge < -0.3 is 11.1 Å². The van der Waals surface area contributed by atoms with E-state index in [2.05, 4.69) is 52.4 Å². The molecule has 1 aliphatic rings. The number of anilines is 1. The number of halogens is 1. The Morgan fingerprint density at radius 1 is 1.40 bits per heavy atom. The van der Waals surface area contributed by atoms with E-state index >= 15 is 0 Å². The van der Waals surface area contributed by atoms with E-state index in [0.717, 1.165) is 16.1 Å². The summed E-state index contributed by atoms with van der Waals surface area (Å²) in [5.41, 5.74) is 7.15. The van der Waals surface area contributed by atoms with Crippen molar-refractivity contribution in [3.05, 3.63) is 28.7 Å². The summed E-state index contributed by atoms with van der Waals surface area (Å²) < 4.78 is 1.11. The summed E-state index contributed by atoms with van der Waals surface area (Å²) in [4.78, 5) is 0. The van der Waals surface area contributed by atoms with Crippen molar-refractivity contribution in [1.82, 2.24) is 0 Å². The summed E-state index contributed by atoms with van der Waals surface area (Å²) in [7, 11) is 0. The first kappa shape index (κ1) is 11.0. The van der Waals surface area contributed by atoms with Crippen molar-refractivity contribution in [3.63, 3.8) is 0 Å². The molecule has 0 saturated heterocycles. The van der Waals surface area contributed by atoms with Gasteiger partial charge >= 0.3 is 0 Å². The highest BCUT2D eigenvalue weighted by Crippen LogP contribution is 2.39. The largest absolute Gasteiger partial charge is 0.378 e. The normalized spacial score (nSPS) is 29.7. The molecule has 82 valence electrons. The van der Waals surface area contributed by atoms with Crippen LogP contribution in [0.2, 0.25) is 0 Å². The summed E-state index contributed by atoms with van der Waals surface area (Å²) in [5.74, 6) is 0.802. The highest BCUT2D eigenvalue weighted by molar-refractivity contribution is 9.10. The third-order valence-electron chi connectivity index (χ3n) is 3.12. The minimum atomic E-state index is 0.146. The fourth-order valence-corrected chi connectivity index (χ4v) is 2.70. The van der Waals surface area contributed by atoms with Gasteiger partial charge in [0.15, 0.2) is 0 Å². The van der Waals surface area contributed by atoms with Crippen molar-refractivity contribution in [2.75, 3.05) is 11.9 Å². The van der Waals surface area contributed by atoms with Gasteiger partial charge in [-0.2, -0.15) is 0 Å². The van der Waals surface area contributed by atoms with Gasteiger partial charge in [0, 0.05) is 16.7 Å². The second-order valence-corrected chi connectivity index (χ2v) is 5.55. The van der Waals surface area contributed by atoms with E-state index in [1.807, 2.05) is 0 Å². The molecule has 0 aliphatic heterocycles. The van der Waals surface area contributed by atoms with Crippen LogP contribution in [0.3, 0.4) is 0 Å². The molecule has 0 amide bonds. The molecular weight excluding hydrogens is 252 g/mol. The van der Waals surface area contributed by atoms with E-state index < -0.39 is 0 Å². The molecule has 0 spiro atoms. The molecule has 0 heterocycles. The average molecular weight is 269 g/mol. The zero-order valence-electron chi connectivity index (χ0n) is 8.96. The Labute approximate surface area is 99.4 Å². The summed E-state index contributed by atoms with van der Waals surface area (Å²) >= 11 is 3.43. The molecule has 15 heavy (non-hydrogen) atoms. The van der Waals surface area contributed by atoms with Crippen LogP contribution in [0.4, 0.5) is 5.69 Å². The predicted molar refractivity (Wildman–Crippen MR) is 67.9 cm³/mol. The minimum Gasteiger partial charge on any atom is -0.378 e. The molecule has 0 atom stereocenters. The van der Waals surface area contributed by atoms with Crippen molar-refractivity contribution in [2.45, 2.75) is 25.3 Å². The van der Waals surface area contributed by atoms with Crippen LogP contribution in [0.15, 0.2) is 28.7 Å². The fraction of sp³-hybridized carbons (Fsp3) is 0.500. The van der Waals surface area contributed by atoms with E-state index in [0.29, 0.717) is 6.54 Å². The third-order valence-corrected chi connectivity index (χ3v) is 3.65. The number of hydrogen-bond donors (Lipinski definition) is 2. The highest BCUT2D eigenvalue weighted by Gasteiger charge is 2.40. The zero-order chi connectivity index (χ0) is 10.9. The number of rotatable bonds is 3. The summed E-state index contributed by atoms with van der Waals surface area (Å²) in [6.07, 6.45) is 2.36. The zero-order valence-corrected chi connectivity index (χ0v) is 10.5. The molecule has 1 aromatic carbocycles. The molecule has 3 heteroatoms. The second kappa shape index (κ2) is 4.14. The van der Waals surface area contributed by atoms with E-state index in [1.54, 1.807) is 0 Å². The Morgan fingerprint density at radius 2 is 2.00 bits per heavy atom. The van der Waals surface area contributed by atoms with Gasteiger partial charge in [0.05, 0.1) is 5.54 Å². The van der Waals surface area contributed by atoms with E-state index in [9.17, 15) is 0 Å². The molecule has 1 aromatic rings. The number of benzene rings is 1. The monoisotopic (exact) mass is 268 g/mol. The lowest BCUT2D eigenvalue weighted by Crippen LogP contribution is -2.54. The number of hydrogen-bond acceptors (Lipinski definition) is 2. The van der Waals surface area contributed by atoms with Crippen LogP contribution in [-0.4, -0.2) is 12.1 Å². The fourth-order valence-electron chi connectivity index (χ4n) is 2.43. The SMILES string of the molecule is CC1CC(CN)(Nc2ccc(Br)cc2)C1. The van der Waals surface area contributed by atoms with Crippen molar-refractivity contribution < 1.29 is 0 Å². The van der Waals surface area contributed by atoms with Gasteiger partial charge in [-0.3, -0.25) is 0 Å². The van der Waals surface area contributed by atoms with Crippen molar-refractivity contribution in [2.24, 2.45) is 11.7 Å². The standard InChI is InChI=1S/C12H17BrN2/c1-9-6-12(7-9,8-14)15-11-4-2-10(13)3-5-11/h2-5,9,15H,6-8,14H2,1H3. The van der Waals surface area contributed by atoms with Crippen LogP contribution in [0.25, 0.3) is 0 Å². The van der Waals surface area contributed by atoms with E-state index in [4.69, 9.17) is 5.73 Å². The Bertz CT molecular complexity index is 328. The van der Waals surface area contributed by atoms with Crippen LogP contribution in [0.1, 0.15) is 19.8 Å². The number of nitrogens with two attached hydrogens (primary N) is 1. The van der Waals surface area contributed by atoms with Crippen LogP contribution < -0.4 is 11.1 Å². The maximum absolute atomic E-state index is 5.84. The van der Waals surface area contributed by atoms with Crippen LogP contribution in [-0.2, 0) is 0 Å². The van der Waals surface area contributed by atoms with Crippen molar-refractivity contribution in [1.29, 1.82) is 0 Å². The van der Waals surface area contributed by atoms with Crippen molar-refractivity contribution >= 4 is 21.6 Å².